The molecule has 0 bridgehead atoms. The van der Waals surface area contributed by atoms with Crippen molar-refractivity contribution in [3.8, 4) is 0 Å². The monoisotopic (exact) mass is 300 g/mol. The van der Waals surface area contributed by atoms with E-state index < -0.39 is 10.0 Å². The van der Waals surface area contributed by atoms with Crippen molar-refractivity contribution in [3.63, 3.8) is 0 Å². The molecule has 0 radical (unpaired) electrons. The molecule has 0 amide bonds. The van der Waals surface area contributed by atoms with E-state index in [1.54, 1.807) is 4.68 Å². The third kappa shape index (κ3) is 3.32. The van der Waals surface area contributed by atoms with Crippen molar-refractivity contribution >= 4 is 15.8 Å². The number of hydrogen-bond acceptors (Lipinski definition) is 4. The fraction of sp³-hybridized carbons (Fsp3) is 0.769. The van der Waals surface area contributed by atoms with E-state index in [4.69, 9.17) is 5.73 Å². The molecule has 1 fully saturated rings. The minimum atomic E-state index is -3.56. The third-order valence-electron chi connectivity index (χ3n) is 3.87. The fourth-order valence-electron chi connectivity index (χ4n) is 2.52. The van der Waals surface area contributed by atoms with Gasteiger partial charge in [-0.15, -0.1) is 0 Å². The molecule has 114 valence electrons. The quantitative estimate of drug-likeness (QED) is 0.765. The molecule has 7 heteroatoms. The summed E-state index contributed by atoms with van der Waals surface area (Å²) in [5.41, 5.74) is 5.90. The number of anilines is 1. The molecule has 3 N–H and O–H groups in total. The van der Waals surface area contributed by atoms with Gasteiger partial charge in [-0.25, -0.2) is 13.1 Å². The van der Waals surface area contributed by atoms with E-state index in [-0.39, 0.29) is 16.1 Å². The predicted molar refractivity (Wildman–Crippen MR) is 78.7 cm³/mol. The Bertz CT molecular complexity index is 561. The molecule has 1 aromatic rings. The first kappa shape index (κ1) is 15.3. The summed E-state index contributed by atoms with van der Waals surface area (Å²) in [5, 5.41) is 4.04. The van der Waals surface area contributed by atoms with E-state index >= 15 is 0 Å². The lowest BCUT2D eigenvalue weighted by Crippen LogP contribution is -2.30. The maximum Gasteiger partial charge on any atom is 0.245 e. The van der Waals surface area contributed by atoms with Crippen molar-refractivity contribution in [3.05, 3.63) is 6.20 Å². The zero-order valence-corrected chi connectivity index (χ0v) is 13.0. The number of nitrogen functional groups attached to an aromatic ring is 1. The molecule has 20 heavy (non-hydrogen) atoms. The van der Waals surface area contributed by atoms with Crippen molar-refractivity contribution in [1.29, 1.82) is 0 Å². The zero-order chi connectivity index (χ0) is 14.8. The van der Waals surface area contributed by atoms with Crippen LogP contribution in [0.15, 0.2) is 11.1 Å². The highest BCUT2D eigenvalue weighted by Crippen LogP contribution is 2.49. The summed E-state index contributed by atoms with van der Waals surface area (Å²) in [4.78, 5) is 0.0956. The number of hydrogen-bond donors (Lipinski definition) is 2. The second-order valence-electron chi connectivity index (χ2n) is 5.72. The standard InChI is InChI=1S/C13H24N4O2S/c1-3-5-13(6-7-13)10-15-20(18,19)11-9-17(8-4-2)16-12(11)14/h9,15H,3-8,10H2,1-2H3,(H2,14,16). The molecule has 0 saturated heterocycles. The summed E-state index contributed by atoms with van der Waals surface area (Å²) in [5.74, 6) is 0.0753. The van der Waals surface area contributed by atoms with Crippen molar-refractivity contribution in [2.45, 2.75) is 57.4 Å². The van der Waals surface area contributed by atoms with Crippen LogP contribution < -0.4 is 10.5 Å². The molecule has 0 atom stereocenters. The molecule has 1 saturated carbocycles. The van der Waals surface area contributed by atoms with Crippen LogP contribution in [0.25, 0.3) is 0 Å². The molecule has 1 heterocycles. The van der Waals surface area contributed by atoms with Crippen LogP contribution in [0, 0.1) is 5.41 Å². The van der Waals surface area contributed by atoms with E-state index in [0.717, 1.165) is 32.1 Å². The van der Waals surface area contributed by atoms with Gasteiger partial charge < -0.3 is 5.73 Å². The van der Waals surface area contributed by atoms with Gasteiger partial charge in [0.05, 0.1) is 0 Å². The van der Waals surface area contributed by atoms with Gasteiger partial charge in [-0.2, -0.15) is 5.10 Å². The summed E-state index contributed by atoms with van der Waals surface area (Å²) >= 11 is 0. The summed E-state index contributed by atoms with van der Waals surface area (Å²) in [6, 6.07) is 0. The van der Waals surface area contributed by atoms with Gasteiger partial charge in [0.1, 0.15) is 4.90 Å². The molecule has 2 rings (SSSR count). The van der Waals surface area contributed by atoms with Gasteiger partial charge >= 0.3 is 0 Å². The lowest BCUT2D eigenvalue weighted by atomic mass is 10.0. The van der Waals surface area contributed by atoms with Gasteiger partial charge in [-0.3, -0.25) is 4.68 Å². The first-order chi connectivity index (χ1) is 9.42. The van der Waals surface area contributed by atoms with Crippen LogP contribution in [0.2, 0.25) is 0 Å². The molecule has 0 spiro atoms. The second-order valence-corrected chi connectivity index (χ2v) is 7.45. The van der Waals surface area contributed by atoms with Crippen LogP contribution in [0.3, 0.4) is 0 Å². The predicted octanol–water partition coefficient (Wildman–Crippen LogP) is 1.73. The topological polar surface area (TPSA) is 90.0 Å². The maximum atomic E-state index is 12.3. The van der Waals surface area contributed by atoms with E-state index in [2.05, 4.69) is 16.7 Å². The van der Waals surface area contributed by atoms with Crippen molar-refractivity contribution in [2.75, 3.05) is 12.3 Å². The minimum Gasteiger partial charge on any atom is -0.381 e. The number of aromatic nitrogens is 2. The minimum absolute atomic E-state index is 0.0753. The molecule has 0 aliphatic heterocycles. The first-order valence-electron chi connectivity index (χ1n) is 7.25. The SMILES string of the molecule is CCCn1cc(S(=O)(=O)NCC2(CCC)CC2)c(N)n1. The molecule has 1 aliphatic rings. The highest BCUT2D eigenvalue weighted by molar-refractivity contribution is 7.89. The van der Waals surface area contributed by atoms with E-state index in [0.29, 0.717) is 13.1 Å². The first-order valence-corrected chi connectivity index (χ1v) is 8.73. The smallest absolute Gasteiger partial charge is 0.245 e. The zero-order valence-electron chi connectivity index (χ0n) is 12.2. The molecule has 0 unspecified atom stereocenters. The average molecular weight is 300 g/mol. The Balaban J connectivity index is 2.06. The number of aryl methyl sites for hydroxylation is 1. The fourth-order valence-corrected chi connectivity index (χ4v) is 3.75. The van der Waals surface area contributed by atoms with Crippen molar-refractivity contribution in [2.24, 2.45) is 5.41 Å². The number of nitrogens with zero attached hydrogens (tertiary/aromatic N) is 2. The number of nitrogens with two attached hydrogens (primary N) is 1. The Morgan fingerprint density at radius 2 is 2.10 bits per heavy atom. The van der Waals surface area contributed by atoms with Crippen LogP contribution in [0.1, 0.15) is 46.0 Å². The Morgan fingerprint density at radius 1 is 1.40 bits per heavy atom. The third-order valence-corrected chi connectivity index (χ3v) is 5.29. The molecular weight excluding hydrogens is 276 g/mol. The summed E-state index contributed by atoms with van der Waals surface area (Å²) in [6.07, 6.45) is 6.76. The van der Waals surface area contributed by atoms with Crippen molar-refractivity contribution in [1.82, 2.24) is 14.5 Å². The summed E-state index contributed by atoms with van der Waals surface area (Å²) in [6.45, 7) is 5.30. The van der Waals surface area contributed by atoms with Crippen LogP contribution >= 0.6 is 0 Å². The van der Waals surface area contributed by atoms with Gasteiger partial charge in [-0.05, 0) is 31.1 Å². The van der Waals surface area contributed by atoms with Crippen LogP contribution in [-0.2, 0) is 16.6 Å². The lowest BCUT2D eigenvalue weighted by molar-refractivity contribution is 0.449. The van der Waals surface area contributed by atoms with E-state index in [1.165, 1.54) is 6.20 Å². The maximum absolute atomic E-state index is 12.3. The summed E-state index contributed by atoms with van der Waals surface area (Å²) < 4.78 is 28.9. The average Bonchev–Trinajstić information content (AvgIpc) is 3.04. The van der Waals surface area contributed by atoms with Crippen LogP contribution in [-0.4, -0.2) is 24.7 Å². The Morgan fingerprint density at radius 3 is 2.65 bits per heavy atom. The molecule has 6 nitrogen and oxygen atoms in total. The van der Waals surface area contributed by atoms with Gasteiger partial charge in [0.15, 0.2) is 5.82 Å². The normalized spacial score (nSPS) is 17.3. The van der Waals surface area contributed by atoms with Gasteiger partial charge in [0.25, 0.3) is 0 Å². The summed E-state index contributed by atoms with van der Waals surface area (Å²) in [7, 11) is -3.56. The van der Waals surface area contributed by atoms with E-state index in [1.807, 2.05) is 6.92 Å². The largest absolute Gasteiger partial charge is 0.381 e. The van der Waals surface area contributed by atoms with Gasteiger partial charge in [0, 0.05) is 19.3 Å². The molecule has 1 aromatic heterocycles. The highest BCUT2D eigenvalue weighted by Gasteiger charge is 2.42. The molecule has 1 aliphatic carbocycles. The second kappa shape index (κ2) is 5.73. The van der Waals surface area contributed by atoms with E-state index in [9.17, 15) is 8.42 Å². The molecule has 0 aromatic carbocycles. The number of rotatable bonds is 8. The lowest BCUT2D eigenvalue weighted by Gasteiger charge is -2.14. The Hall–Kier alpha value is -1.08. The van der Waals surface area contributed by atoms with Gasteiger partial charge in [0.2, 0.25) is 10.0 Å². The van der Waals surface area contributed by atoms with Crippen LogP contribution in [0.4, 0.5) is 5.82 Å². The van der Waals surface area contributed by atoms with Crippen molar-refractivity contribution < 1.29 is 8.42 Å². The Kier molecular flexibility index (Phi) is 4.39. The highest BCUT2D eigenvalue weighted by atomic mass is 32.2. The number of nitrogens with one attached hydrogen (secondary N) is 1. The number of sulfonamides is 1. The molecular formula is C13H24N4O2S. The van der Waals surface area contributed by atoms with Gasteiger partial charge in [-0.1, -0.05) is 20.3 Å². The van der Waals surface area contributed by atoms with Crippen LogP contribution in [0.5, 0.6) is 0 Å². The Labute approximate surface area is 120 Å².